The molecule has 0 radical (unpaired) electrons. The van der Waals surface area contributed by atoms with Gasteiger partial charge in [0.1, 0.15) is 5.66 Å². The summed E-state index contributed by atoms with van der Waals surface area (Å²) in [6.07, 6.45) is 5.72. The van der Waals surface area contributed by atoms with Gasteiger partial charge in [0.05, 0.1) is 0 Å². The molecule has 1 aromatic carbocycles. The molecule has 2 N–H and O–H groups in total. The summed E-state index contributed by atoms with van der Waals surface area (Å²) in [6.45, 7) is 0. The fourth-order valence-corrected chi connectivity index (χ4v) is 1.55. The number of likely N-dealkylation sites (N-methyl/N-ethyl adjacent to an activating group) is 1. The lowest BCUT2D eigenvalue weighted by molar-refractivity contribution is 0.365. The van der Waals surface area contributed by atoms with E-state index in [1.807, 2.05) is 31.3 Å². The summed E-state index contributed by atoms with van der Waals surface area (Å²) < 4.78 is 0. The molecule has 1 atom stereocenters. The second-order valence-corrected chi connectivity index (χ2v) is 3.17. The molecular formula is C11H13N3. The van der Waals surface area contributed by atoms with Crippen molar-refractivity contribution in [1.29, 1.82) is 0 Å². The highest BCUT2D eigenvalue weighted by molar-refractivity contribution is 5.72. The number of allylic oxidation sites excluding steroid dienone is 1. The molecule has 1 unspecified atom stereocenters. The van der Waals surface area contributed by atoms with Crippen molar-refractivity contribution < 1.29 is 0 Å². The Kier molecular flexibility index (Phi) is 2.33. The van der Waals surface area contributed by atoms with E-state index in [1.165, 1.54) is 0 Å². The summed E-state index contributed by atoms with van der Waals surface area (Å²) in [5, 5.41) is 7.28. The summed E-state index contributed by atoms with van der Waals surface area (Å²) >= 11 is 0. The van der Waals surface area contributed by atoms with Gasteiger partial charge in [0.15, 0.2) is 0 Å². The largest absolute Gasteiger partial charge is 0.290 e. The maximum absolute atomic E-state index is 4.05. The van der Waals surface area contributed by atoms with Crippen LogP contribution in [0.2, 0.25) is 0 Å². The molecule has 1 aliphatic rings. The van der Waals surface area contributed by atoms with Crippen molar-refractivity contribution in [3.8, 4) is 0 Å². The van der Waals surface area contributed by atoms with Gasteiger partial charge in [-0.05, 0) is 24.8 Å². The standard InChI is InChI=1S/C11H13N3/c1-12-11(8-5-9-13-14-11)10-6-3-2-4-7-10/h2-9,12,14H,1H3. The van der Waals surface area contributed by atoms with E-state index in [4.69, 9.17) is 0 Å². The Labute approximate surface area is 83.5 Å². The Morgan fingerprint density at radius 1 is 1.29 bits per heavy atom. The second-order valence-electron chi connectivity index (χ2n) is 3.17. The minimum absolute atomic E-state index is 0.365. The monoisotopic (exact) mass is 187 g/mol. The van der Waals surface area contributed by atoms with Crippen LogP contribution in [0.1, 0.15) is 5.56 Å². The lowest BCUT2D eigenvalue weighted by Gasteiger charge is -2.31. The quantitative estimate of drug-likeness (QED) is 0.730. The fourth-order valence-electron chi connectivity index (χ4n) is 1.55. The minimum atomic E-state index is -0.365. The van der Waals surface area contributed by atoms with Crippen LogP contribution in [0.25, 0.3) is 0 Å². The number of benzene rings is 1. The number of hydrazone groups is 1. The van der Waals surface area contributed by atoms with Crippen molar-refractivity contribution in [2.75, 3.05) is 7.05 Å². The van der Waals surface area contributed by atoms with E-state index in [2.05, 4.69) is 34.1 Å². The van der Waals surface area contributed by atoms with Crippen LogP contribution in [0, 0.1) is 0 Å². The van der Waals surface area contributed by atoms with E-state index >= 15 is 0 Å². The molecule has 0 saturated heterocycles. The molecule has 1 heterocycles. The van der Waals surface area contributed by atoms with Gasteiger partial charge in [0.25, 0.3) is 0 Å². The topological polar surface area (TPSA) is 36.4 Å². The number of hydrogen-bond donors (Lipinski definition) is 2. The van der Waals surface area contributed by atoms with E-state index in [0.717, 1.165) is 5.56 Å². The average molecular weight is 187 g/mol. The Morgan fingerprint density at radius 3 is 2.64 bits per heavy atom. The zero-order valence-electron chi connectivity index (χ0n) is 8.07. The van der Waals surface area contributed by atoms with E-state index in [9.17, 15) is 0 Å². The molecule has 0 bridgehead atoms. The molecule has 14 heavy (non-hydrogen) atoms. The first-order chi connectivity index (χ1) is 6.87. The van der Waals surface area contributed by atoms with Crippen LogP contribution in [0.5, 0.6) is 0 Å². The van der Waals surface area contributed by atoms with Gasteiger partial charge < -0.3 is 0 Å². The molecule has 0 fully saturated rings. The highest BCUT2D eigenvalue weighted by Gasteiger charge is 2.27. The van der Waals surface area contributed by atoms with Crippen molar-refractivity contribution in [2.45, 2.75) is 5.66 Å². The van der Waals surface area contributed by atoms with Gasteiger partial charge in [-0.1, -0.05) is 30.3 Å². The van der Waals surface area contributed by atoms with Crippen LogP contribution in [0.15, 0.2) is 47.6 Å². The first kappa shape index (κ1) is 8.97. The molecule has 1 aromatic rings. The molecule has 2 rings (SSSR count). The van der Waals surface area contributed by atoms with Crippen LogP contribution in [-0.4, -0.2) is 13.3 Å². The van der Waals surface area contributed by atoms with Gasteiger partial charge in [0.2, 0.25) is 0 Å². The normalized spacial score (nSPS) is 24.6. The maximum Gasteiger partial charge on any atom is 0.149 e. The number of rotatable bonds is 2. The molecule has 72 valence electrons. The van der Waals surface area contributed by atoms with E-state index in [1.54, 1.807) is 6.21 Å². The van der Waals surface area contributed by atoms with Crippen molar-refractivity contribution in [2.24, 2.45) is 5.10 Å². The zero-order valence-corrected chi connectivity index (χ0v) is 8.07. The van der Waals surface area contributed by atoms with Crippen LogP contribution in [-0.2, 0) is 5.66 Å². The smallest absolute Gasteiger partial charge is 0.149 e. The molecule has 0 amide bonds. The second kappa shape index (κ2) is 3.64. The van der Waals surface area contributed by atoms with Gasteiger partial charge in [-0.2, -0.15) is 5.10 Å². The molecule has 3 heteroatoms. The molecule has 0 saturated carbocycles. The van der Waals surface area contributed by atoms with Crippen molar-refractivity contribution >= 4 is 6.21 Å². The zero-order chi connectivity index (χ0) is 9.86. The molecule has 0 aromatic heterocycles. The Morgan fingerprint density at radius 2 is 2.07 bits per heavy atom. The summed E-state index contributed by atoms with van der Waals surface area (Å²) in [6, 6.07) is 10.2. The summed E-state index contributed by atoms with van der Waals surface area (Å²) in [4.78, 5) is 0. The van der Waals surface area contributed by atoms with Crippen LogP contribution < -0.4 is 10.7 Å². The maximum atomic E-state index is 4.05. The van der Waals surface area contributed by atoms with Crippen molar-refractivity contribution in [3.63, 3.8) is 0 Å². The SMILES string of the molecule is CNC1(c2ccccc2)C=CC=NN1. The Hall–Kier alpha value is -1.61. The third-order valence-corrected chi connectivity index (χ3v) is 2.37. The van der Waals surface area contributed by atoms with Gasteiger partial charge in [-0.25, -0.2) is 0 Å². The average Bonchev–Trinajstić information content (AvgIpc) is 2.31. The highest BCUT2D eigenvalue weighted by atomic mass is 15.4. The molecule has 0 spiro atoms. The van der Waals surface area contributed by atoms with Gasteiger partial charge in [0, 0.05) is 6.21 Å². The fraction of sp³-hybridized carbons (Fsp3) is 0.182. The summed E-state index contributed by atoms with van der Waals surface area (Å²) in [5.41, 5.74) is 3.85. The summed E-state index contributed by atoms with van der Waals surface area (Å²) in [5.74, 6) is 0. The predicted molar refractivity (Wildman–Crippen MR) is 57.9 cm³/mol. The van der Waals surface area contributed by atoms with Gasteiger partial charge in [-0.3, -0.25) is 10.7 Å². The molecule has 3 nitrogen and oxygen atoms in total. The molecule has 1 aliphatic heterocycles. The van der Waals surface area contributed by atoms with Crippen LogP contribution in [0.4, 0.5) is 0 Å². The number of nitrogens with one attached hydrogen (secondary N) is 2. The third-order valence-electron chi connectivity index (χ3n) is 2.37. The van der Waals surface area contributed by atoms with Crippen molar-refractivity contribution in [3.05, 3.63) is 48.0 Å². The van der Waals surface area contributed by atoms with Crippen LogP contribution >= 0.6 is 0 Å². The first-order valence-electron chi connectivity index (χ1n) is 4.60. The van der Waals surface area contributed by atoms with E-state index in [0.29, 0.717) is 0 Å². The van der Waals surface area contributed by atoms with E-state index < -0.39 is 0 Å². The predicted octanol–water partition coefficient (Wildman–Crippen LogP) is 1.20. The molecule has 0 aliphatic carbocycles. The van der Waals surface area contributed by atoms with Crippen LogP contribution in [0.3, 0.4) is 0 Å². The lowest BCUT2D eigenvalue weighted by atomic mass is 9.99. The third kappa shape index (κ3) is 1.42. The highest BCUT2D eigenvalue weighted by Crippen LogP contribution is 2.20. The Bertz CT molecular complexity index is 356. The number of nitrogens with zero attached hydrogens (tertiary/aromatic N) is 1. The number of hydrogen-bond acceptors (Lipinski definition) is 3. The lowest BCUT2D eigenvalue weighted by Crippen LogP contribution is -2.49. The first-order valence-corrected chi connectivity index (χ1v) is 4.60. The summed E-state index contributed by atoms with van der Waals surface area (Å²) in [7, 11) is 1.91. The van der Waals surface area contributed by atoms with Gasteiger partial charge >= 0.3 is 0 Å². The van der Waals surface area contributed by atoms with Crippen molar-refractivity contribution in [1.82, 2.24) is 10.7 Å². The van der Waals surface area contributed by atoms with E-state index in [-0.39, 0.29) is 5.66 Å². The Balaban J connectivity index is 2.39. The van der Waals surface area contributed by atoms with Gasteiger partial charge in [-0.15, -0.1) is 0 Å². The molecular weight excluding hydrogens is 174 g/mol. The minimum Gasteiger partial charge on any atom is -0.290 e.